The van der Waals surface area contributed by atoms with E-state index in [4.69, 9.17) is 9.73 Å². The van der Waals surface area contributed by atoms with Crippen LogP contribution < -0.4 is 5.32 Å². The lowest BCUT2D eigenvalue weighted by Gasteiger charge is -2.20. The molecule has 0 bridgehead atoms. The number of anilines is 1. The first-order chi connectivity index (χ1) is 17.0. The summed E-state index contributed by atoms with van der Waals surface area (Å²) in [6, 6.07) is 19.9. The quantitative estimate of drug-likeness (QED) is 0.492. The van der Waals surface area contributed by atoms with Crippen LogP contribution in [0.15, 0.2) is 65.7 Å². The number of thioether (sulfide) groups is 1. The Labute approximate surface area is 209 Å². The molecule has 2 unspecified atom stereocenters. The number of carbonyl (C=O) groups is 2. The maximum Gasteiger partial charge on any atom is 0.242 e. The molecule has 6 nitrogen and oxygen atoms in total. The normalized spacial score (nSPS) is 21.3. The van der Waals surface area contributed by atoms with Crippen LogP contribution in [0.5, 0.6) is 0 Å². The Kier molecular flexibility index (Phi) is 6.88. The molecule has 3 aromatic rings. The number of fused-ring (bicyclic) bond motifs is 1. The fourth-order valence-electron chi connectivity index (χ4n) is 4.71. The van der Waals surface area contributed by atoms with Gasteiger partial charge in [-0.05, 0) is 61.4 Å². The Morgan fingerprint density at radius 3 is 2.66 bits per heavy atom. The van der Waals surface area contributed by atoms with Gasteiger partial charge in [-0.3, -0.25) is 14.5 Å². The number of rotatable bonds is 6. The van der Waals surface area contributed by atoms with Crippen molar-refractivity contribution in [1.82, 2.24) is 4.90 Å². The van der Waals surface area contributed by atoms with Crippen molar-refractivity contribution in [3.05, 3.63) is 71.8 Å². The van der Waals surface area contributed by atoms with Crippen molar-refractivity contribution >= 4 is 50.9 Å². The van der Waals surface area contributed by atoms with Gasteiger partial charge >= 0.3 is 0 Å². The third-order valence-electron chi connectivity index (χ3n) is 6.30. The number of ether oxygens (including phenoxy) is 1. The maximum atomic E-state index is 13.4. The molecule has 1 N–H and O–H groups in total. The Balaban J connectivity index is 1.36. The summed E-state index contributed by atoms with van der Waals surface area (Å²) in [5.74, 6) is -0.265. The van der Waals surface area contributed by atoms with Crippen LogP contribution in [0.1, 0.15) is 30.4 Å². The van der Waals surface area contributed by atoms with Crippen LogP contribution in [0, 0.1) is 13.8 Å². The fraction of sp³-hybridized carbons (Fsp3) is 0.321. The van der Waals surface area contributed by atoms with Gasteiger partial charge in [-0.25, -0.2) is 4.99 Å². The van der Waals surface area contributed by atoms with Crippen molar-refractivity contribution in [2.24, 2.45) is 4.99 Å². The van der Waals surface area contributed by atoms with Crippen molar-refractivity contribution in [2.75, 3.05) is 18.5 Å². The summed E-state index contributed by atoms with van der Waals surface area (Å²) in [5, 5.41) is 5.17. The van der Waals surface area contributed by atoms with E-state index in [0.717, 1.165) is 52.7 Å². The molecule has 0 aromatic heterocycles. The molecule has 0 radical (unpaired) electrons. The number of aliphatic imine (C=N–C) groups is 1. The fourth-order valence-corrected chi connectivity index (χ4v) is 5.88. The Hall–Kier alpha value is -3.16. The summed E-state index contributed by atoms with van der Waals surface area (Å²) in [4.78, 5) is 33.0. The topological polar surface area (TPSA) is 71.0 Å². The maximum absolute atomic E-state index is 13.4. The number of hydrogen-bond donors (Lipinski definition) is 1. The highest BCUT2D eigenvalue weighted by molar-refractivity contribution is 8.15. The molecule has 0 saturated carbocycles. The highest BCUT2D eigenvalue weighted by atomic mass is 32.2. The van der Waals surface area contributed by atoms with Gasteiger partial charge in [0.1, 0.15) is 5.25 Å². The lowest BCUT2D eigenvalue weighted by molar-refractivity contribution is -0.129. The number of nitrogens with one attached hydrogen (secondary N) is 1. The van der Waals surface area contributed by atoms with Crippen molar-refractivity contribution in [1.29, 1.82) is 0 Å². The minimum absolute atomic E-state index is 0.00672. The molecule has 2 saturated heterocycles. The van der Waals surface area contributed by atoms with Crippen molar-refractivity contribution in [3.63, 3.8) is 0 Å². The van der Waals surface area contributed by atoms with E-state index < -0.39 is 5.25 Å². The Morgan fingerprint density at radius 2 is 1.89 bits per heavy atom. The number of nitrogens with zero attached hydrogens (tertiary/aromatic N) is 2. The van der Waals surface area contributed by atoms with E-state index in [0.29, 0.717) is 11.7 Å². The number of carbonyl (C=O) groups excluding carboxylic acids is 2. The minimum atomic E-state index is -0.518. The molecule has 0 spiro atoms. The largest absolute Gasteiger partial charge is 0.376 e. The third kappa shape index (κ3) is 5.41. The van der Waals surface area contributed by atoms with Gasteiger partial charge in [0.05, 0.1) is 18.3 Å². The predicted molar refractivity (Wildman–Crippen MR) is 142 cm³/mol. The monoisotopic (exact) mass is 487 g/mol. The van der Waals surface area contributed by atoms with E-state index in [-0.39, 0.29) is 24.3 Å². The Bertz CT molecular complexity index is 1270. The van der Waals surface area contributed by atoms with Gasteiger partial charge in [-0.15, -0.1) is 0 Å². The van der Waals surface area contributed by atoms with E-state index >= 15 is 0 Å². The molecule has 2 aliphatic rings. The molecule has 2 amide bonds. The summed E-state index contributed by atoms with van der Waals surface area (Å²) in [6.07, 6.45) is 2.02. The number of benzene rings is 3. The first kappa shape index (κ1) is 23.6. The van der Waals surface area contributed by atoms with Gasteiger partial charge in [0.2, 0.25) is 11.8 Å². The summed E-state index contributed by atoms with van der Waals surface area (Å²) < 4.78 is 5.80. The number of amidine groups is 1. The smallest absolute Gasteiger partial charge is 0.242 e. The van der Waals surface area contributed by atoms with E-state index in [9.17, 15) is 9.59 Å². The molecule has 2 fully saturated rings. The number of hydrogen-bond acceptors (Lipinski definition) is 5. The summed E-state index contributed by atoms with van der Waals surface area (Å²) in [6.45, 7) is 5.26. The highest BCUT2D eigenvalue weighted by Crippen LogP contribution is 2.34. The lowest BCUT2D eigenvalue weighted by Crippen LogP contribution is -2.38. The van der Waals surface area contributed by atoms with Crippen LogP contribution >= 0.6 is 11.8 Å². The molecule has 3 aromatic carbocycles. The molecule has 2 heterocycles. The van der Waals surface area contributed by atoms with E-state index in [2.05, 4.69) is 11.4 Å². The molecular formula is C28H29N3O3S. The third-order valence-corrected chi connectivity index (χ3v) is 7.47. The predicted octanol–water partition coefficient (Wildman–Crippen LogP) is 5.60. The van der Waals surface area contributed by atoms with Crippen LogP contribution in [-0.4, -0.2) is 46.4 Å². The highest BCUT2D eigenvalue weighted by Gasteiger charge is 2.40. The van der Waals surface area contributed by atoms with Crippen LogP contribution in [-0.2, 0) is 14.3 Å². The van der Waals surface area contributed by atoms with Crippen LogP contribution in [0.4, 0.5) is 11.4 Å². The van der Waals surface area contributed by atoms with Crippen molar-refractivity contribution in [2.45, 2.75) is 44.5 Å². The number of amides is 2. The van der Waals surface area contributed by atoms with Crippen LogP contribution in [0.3, 0.4) is 0 Å². The summed E-state index contributed by atoms with van der Waals surface area (Å²) >= 11 is 1.37. The molecule has 180 valence electrons. The number of aryl methyl sites for hydroxylation is 2. The zero-order chi connectivity index (χ0) is 24.4. The summed E-state index contributed by atoms with van der Waals surface area (Å²) in [5.41, 5.74) is 3.81. The van der Waals surface area contributed by atoms with Gasteiger partial charge in [0.25, 0.3) is 0 Å². The molecular weight excluding hydrogens is 458 g/mol. The van der Waals surface area contributed by atoms with E-state index in [1.807, 2.05) is 68.4 Å². The van der Waals surface area contributed by atoms with Crippen LogP contribution in [0.2, 0.25) is 0 Å². The second kappa shape index (κ2) is 10.2. The van der Waals surface area contributed by atoms with Crippen molar-refractivity contribution in [3.8, 4) is 0 Å². The van der Waals surface area contributed by atoms with E-state index in [1.54, 1.807) is 4.90 Å². The van der Waals surface area contributed by atoms with E-state index in [1.165, 1.54) is 11.8 Å². The van der Waals surface area contributed by atoms with Crippen LogP contribution in [0.25, 0.3) is 10.8 Å². The average Bonchev–Trinajstić information content (AvgIpc) is 3.43. The van der Waals surface area contributed by atoms with Gasteiger partial charge in [-0.2, -0.15) is 0 Å². The van der Waals surface area contributed by atoms with Crippen molar-refractivity contribution < 1.29 is 14.3 Å². The molecule has 7 heteroatoms. The molecule has 5 rings (SSSR count). The average molecular weight is 488 g/mol. The zero-order valence-corrected chi connectivity index (χ0v) is 20.8. The molecule has 2 atom stereocenters. The first-order valence-corrected chi connectivity index (χ1v) is 12.9. The minimum Gasteiger partial charge on any atom is -0.376 e. The molecule has 0 aliphatic carbocycles. The van der Waals surface area contributed by atoms with Gasteiger partial charge in [-0.1, -0.05) is 54.2 Å². The summed E-state index contributed by atoms with van der Waals surface area (Å²) in [7, 11) is 0. The van der Waals surface area contributed by atoms with Gasteiger partial charge < -0.3 is 10.1 Å². The SMILES string of the molecule is Cc1cc(C)cc(N=C2SC(CC(=O)Nc3cccc4ccccc34)C(=O)N2CC2CCCO2)c1. The van der Waals surface area contributed by atoms with Gasteiger partial charge in [0.15, 0.2) is 5.17 Å². The van der Waals surface area contributed by atoms with Gasteiger partial charge in [0, 0.05) is 24.1 Å². The molecule has 35 heavy (non-hydrogen) atoms. The standard InChI is InChI=1S/C28H29N3O3S/c1-18-13-19(2)15-21(14-18)29-28-31(17-22-9-6-12-34-22)27(33)25(35-28)16-26(32)30-24-11-5-8-20-7-3-4-10-23(20)24/h3-5,7-8,10-11,13-15,22,25H,6,9,12,16-17H2,1-2H3,(H,30,32). The first-order valence-electron chi connectivity index (χ1n) is 12.0. The second-order valence-electron chi connectivity index (χ2n) is 9.21. The molecule has 2 aliphatic heterocycles. The lowest BCUT2D eigenvalue weighted by atomic mass is 10.1. The zero-order valence-electron chi connectivity index (χ0n) is 20.0. The Morgan fingerprint density at radius 1 is 1.11 bits per heavy atom. The second-order valence-corrected chi connectivity index (χ2v) is 10.4.